The van der Waals surface area contributed by atoms with E-state index >= 15 is 0 Å². The van der Waals surface area contributed by atoms with E-state index in [1.807, 2.05) is 4.90 Å². The summed E-state index contributed by atoms with van der Waals surface area (Å²) in [5.74, 6) is -1.11. The molecule has 1 amide bonds. The van der Waals surface area contributed by atoms with Crippen molar-refractivity contribution >= 4 is 30.0 Å². The van der Waals surface area contributed by atoms with Crippen LogP contribution in [0.25, 0.3) is 0 Å². The van der Waals surface area contributed by atoms with Crippen LogP contribution in [0.5, 0.6) is 0 Å². The minimum Gasteiger partial charge on any atom is -0.481 e. The number of halogens is 4. The highest BCUT2D eigenvalue weighted by molar-refractivity contribution is 5.92. The van der Waals surface area contributed by atoms with Gasteiger partial charge in [0.15, 0.2) is 0 Å². The van der Waals surface area contributed by atoms with Crippen molar-refractivity contribution in [3.63, 3.8) is 0 Å². The Morgan fingerprint density at radius 2 is 1.92 bits per heavy atom. The van der Waals surface area contributed by atoms with Gasteiger partial charge in [0.2, 0.25) is 5.91 Å². The van der Waals surface area contributed by atoms with Gasteiger partial charge in [-0.05, 0) is 43.0 Å². The highest BCUT2D eigenvalue weighted by atomic mass is 35.5. The van der Waals surface area contributed by atoms with Crippen molar-refractivity contribution in [3.05, 3.63) is 29.8 Å². The smallest absolute Gasteiger partial charge is 0.416 e. The molecule has 0 unspecified atom stereocenters. The third-order valence-corrected chi connectivity index (χ3v) is 5.23. The van der Waals surface area contributed by atoms with E-state index in [0.717, 1.165) is 25.0 Å². The van der Waals surface area contributed by atoms with Gasteiger partial charge in [0.1, 0.15) is 0 Å². The van der Waals surface area contributed by atoms with Crippen LogP contribution in [0.3, 0.4) is 0 Å². The predicted octanol–water partition coefficient (Wildman–Crippen LogP) is 3.25. The van der Waals surface area contributed by atoms with E-state index in [1.54, 1.807) is 0 Å². The second kappa shape index (κ2) is 7.44. The molecule has 1 heterocycles. The van der Waals surface area contributed by atoms with Gasteiger partial charge in [0.05, 0.1) is 17.5 Å². The summed E-state index contributed by atoms with van der Waals surface area (Å²) in [6.07, 6.45) is -2.04. The molecule has 2 atom stereocenters. The Morgan fingerprint density at radius 3 is 2.46 bits per heavy atom. The lowest BCUT2D eigenvalue weighted by Gasteiger charge is -2.23. The van der Waals surface area contributed by atoms with Crippen molar-refractivity contribution < 1.29 is 27.9 Å². The van der Waals surface area contributed by atoms with Gasteiger partial charge in [-0.15, -0.1) is 12.4 Å². The van der Waals surface area contributed by atoms with Gasteiger partial charge < -0.3 is 10.4 Å². The van der Waals surface area contributed by atoms with Crippen LogP contribution in [0.2, 0.25) is 0 Å². The van der Waals surface area contributed by atoms with Crippen molar-refractivity contribution in [2.24, 2.45) is 11.3 Å². The van der Waals surface area contributed by atoms with Gasteiger partial charge in [-0.1, -0.05) is 6.42 Å². The summed E-state index contributed by atoms with van der Waals surface area (Å²) in [5, 5.41) is 12.1. The monoisotopic (exact) mass is 392 g/mol. The average molecular weight is 393 g/mol. The molecule has 0 aromatic heterocycles. The molecule has 1 saturated heterocycles. The summed E-state index contributed by atoms with van der Waals surface area (Å²) in [4.78, 5) is 25.6. The lowest BCUT2D eigenvalue weighted by Crippen LogP contribution is -2.37. The van der Waals surface area contributed by atoms with Gasteiger partial charge in [-0.2, -0.15) is 13.2 Å². The molecule has 1 aliphatic carbocycles. The Bertz CT molecular complexity index is 681. The van der Waals surface area contributed by atoms with Crippen molar-refractivity contribution in [3.8, 4) is 0 Å². The molecule has 2 fully saturated rings. The summed E-state index contributed by atoms with van der Waals surface area (Å²) >= 11 is 0. The van der Waals surface area contributed by atoms with Crippen LogP contribution in [-0.4, -0.2) is 41.5 Å². The number of nitrogens with zero attached hydrogens (tertiary/aromatic N) is 1. The molecule has 5 nitrogen and oxygen atoms in total. The molecule has 1 aliphatic heterocycles. The molecule has 0 radical (unpaired) electrons. The summed E-state index contributed by atoms with van der Waals surface area (Å²) in [6.45, 7) is 0.937. The van der Waals surface area contributed by atoms with Crippen molar-refractivity contribution in [2.75, 3.05) is 25.0 Å². The normalized spacial score (nSPS) is 25.4. The molecule has 1 saturated carbocycles. The van der Waals surface area contributed by atoms with Crippen molar-refractivity contribution in [2.45, 2.75) is 25.4 Å². The van der Waals surface area contributed by atoms with Gasteiger partial charge in [-0.3, -0.25) is 14.5 Å². The molecule has 0 bridgehead atoms. The van der Waals surface area contributed by atoms with Crippen LogP contribution in [0.15, 0.2) is 24.3 Å². The maximum absolute atomic E-state index is 12.5. The topological polar surface area (TPSA) is 69.6 Å². The third kappa shape index (κ3) is 3.96. The van der Waals surface area contributed by atoms with E-state index in [0.29, 0.717) is 19.5 Å². The molecular formula is C17H20ClF3N2O3. The summed E-state index contributed by atoms with van der Waals surface area (Å²) in [6, 6.07) is 4.24. The van der Waals surface area contributed by atoms with Crippen LogP contribution in [0.1, 0.15) is 24.8 Å². The van der Waals surface area contributed by atoms with E-state index in [4.69, 9.17) is 0 Å². The Balaban J connectivity index is 0.00000243. The number of carbonyl (C=O) groups excluding carboxylic acids is 1. The fourth-order valence-electron chi connectivity index (χ4n) is 4.01. The molecular weight excluding hydrogens is 373 g/mol. The molecule has 26 heavy (non-hydrogen) atoms. The van der Waals surface area contributed by atoms with Crippen LogP contribution in [0, 0.1) is 11.3 Å². The van der Waals surface area contributed by atoms with E-state index in [1.165, 1.54) is 12.1 Å². The largest absolute Gasteiger partial charge is 0.481 e. The number of hydrogen-bond acceptors (Lipinski definition) is 3. The Labute approximate surface area is 155 Å². The second-order valence-electron chi connectivity index (χ2n) is 6.84. The fraction of sp³-hybridized carbons (Fsp3) is 0.529. The number of carbonyl (C=O) groups is 2. The number of hydrogen-bond donors (Lipinski definition) is 2. The maximum atomic E-state index is 12.5. The fourth-order valence-corrected chi connectivity index (χ4v) is 4.01. The number of nitrogens with one attached hydrogen (secondary N) is 1. The molecule has 9 heteroatoms. The van der Waals surface area contributed by atoms with Crippen molar-refractivity contribution in [1.29, 1.82) is 0 Å². The summed E-state index contributed by atoms with van der Waals surface area (Å²) < 4.78 is 37.6. The lowest BCUT2D eigenvalue weighted by molar-refractivity contribution is -0.149. The lowest BCUT2D eigenvalue weighted by atomic mass is 9.81. The first-order chi connectivity index (χ1) is 11.7. The first-order valence-corrected chi connectivity index (χ1v) is 8.13. The molecule has 1 aromatic carbocycles. The molecule has 2 N–H and O–H groups in total. The van der Waals surface area contributed by atoms with Gasteiger partial charge >= 0.3 is 12.1 Å². The molecule has 0 spiro atoms. The zero-order chi connectivity index (χ0) is 18.2. The first kappa shape index (κ1) is 20.5. The summed E-state index contributed by atoms with van der Waals surface area (Å²) in [7, 11) is 0. The average Bonchev–Trinajstić information content (AvgIpc) is 3.04. The van der Waals surface area contributed by atoms with E-state index in [9.17, 15) is 27.9 Å². The number of carboxylic acid groups (broad SMARTS) is 1. The number of aliphatic carboxylic acids is 1. The Morgan fingerprint density at radius 1 is 1.27 bits per heavy atom. The molecule has 144 valence electrons. The minimum atomic E-state index is -4.42. The maximum Gasteiger partial charge on any atom is 0.416 e. The van der Waals surface area contributed by atoms with Crippen LogP contribution < -0.4 is 5.32 Å². The first-order valence-electron chi connectivity index (χ1n) is 8.13. The number of benzene rings is 1. The molecule has 3 rings (SSSR count). The highest BCUT2D eigenvalue weighted by Gasteiger charge is 2.54. The number of likely N-dealkylation sites (tertiary alicyclic amines) is 1. The number of alkyl halides is 3. The highest BCUT2D eigenvalue weighted by Crippen LogP contribution is 2.48. The Kier molecular flexibility index (Phi) is 5.87. The van der Waals surface area contributed by atoms with Gasteiger partial charge in [0, 0.05) is 18.8 Å². The van der Waals surface area contributed by atoms with E-state index < -0.39 is 23.1 Å². The predicted molar refractivity (Wildman–Crippen MR) is 91.2 cm³/mol. The molecule has 1 aromatic rings. The number of anilines is 1. The zero-order valence-electron chi connectivity index (χ0n) is 13.9. The standard InChI is InChI=1S/C17H19F3N2O3.ClH/c18-17(19,20)11-3-5-13(6-4-11)21-14(23)9-22-8-12-2-1-7-16(12,10-22)15(24)25;/h3-6,12H,1-2,7-10H2,(H,21,23)(H,24,25);1H/t12-,16+;/m0./s1. The number of rotatable bonds is 4. The van der Waals surface area contributed by atoms with Crippen LogP contribution in [0.4, 0.5) is 18.9 Å². The number of fused-ring (bicyclic) bond motifs is 1. The van der Waals surface area contributed by atoms with Crippen LogP contribution in [-0.2, 0) is 15.8 Å². The number of amides is 1. The number of carboxylic acids is 1. The van der Waals surface area contributed by atoms with E-state index in [-0.39, 0.29) is 36.5 Å². The Hall–Kier alpha value is -1.80. The third-order valence-electron chi connectivity index (χ3n) is 5.23. The second-order valence-corrected chi connectivity index (χ2v) is 6.84. The summed E-state index contributed by atoms with van der Waals surface area (Å²) in [5.41, 5.74) is -1.25. The molecule has 2 aliphatic rings. The van der Waals surface area contributed by atoms with Gasteiger partial charge in [-0.25, -0.2) is 0 Å². The SMILES string of the molecule is Cl.O=C(CN1C[C@@H]2CCC[C@@]2(C(=O)O)C1)Nc1ccc(C(F)(F)F)cc1. The van der Waals surface area contributed by atoms with Crippen molar-refractivity contribution in [1.82, 2.24) is 4.90 Å². The zero-order valence-corrected chi connectivity index (χ0v) is 14.7. The minimum absolute atomic E-state index is 0. The van der Waals surface area contributed by atoms with E-state index in [2.05, 4.69) is 5.32 Å². The van der Waals surface area contributed by atoms with Gasteiger partial charge in [0.25, 0.3) is 0 Å². The quantitative estimate of drug-likeness (QED) is 0.825. The van der Waals surface area contributed by atoms with Crippen LogP contribution >= 0.6 is 12.4 Å².